The van der Waals surface area contributed by atoms with Crippen LogP contribution in [-0.2, 0) is 13.1 Å². The lowest BCUT2D eigenvalue weighted by atomic mass is 10.3. The molecule has 0 amide bonds. The van der Waals surface area contributed by atoms with Gasteiger partial charge in [0.2, 0.25) is 11.8 Å². The van der Waals surface area contributed by atoms with Crippen LogP contribution in [0.25, 0.3) is 0 Å². The number of oxazole rings is 1. The fourth-order valence-electron chi connectivity index (χ4n) is 2.40. The van der Waals surface area contributed by atoms with Gasteiger partial charge in [0.25, 0.3) is 0 Å². The fraction of sp³-hybridized carbons (Fsp3) is 0.526. The summed E-state index contributed by atoms with van der Waals surface area (Å²) < 4.78 is 11.3. The molecule has 3 rings (SSSR count). The van der Waals surface area contributed by atoms with Gasteiger partial charge < -0.3 is 19.8 Å². The maximum Gasteiger partial charge on any atom is 0.214 e. The Bertz CT molecular complexity index is 739. The van der Waals surface area contributed by atoms with Gasteiger partial charge in [0.1, 0.15) is 5.76 Å². The van der Waals surface area contributed by atoms with Crippen molar-refractivity contribution in [3.8, 4) is 5.88 Å². The van der Waals surface area contributed by atoms with E-state index in [0.717, 1.165) is 36.1 Å². The third-order valence-electron chi connectivity index (χ3n) is 4.21. The van der Waals surface area contributed by atoms with Crippen LogP contribution in [0.2, 0.25) is 0 Å². The van der Waals surface area contributed by atoms with Crippen LogP contribution in [0.15, 0.2) is 27.7 Å². The molecule has 0 unspecified atom stereocenters. The smallest absolute Gasteiger partial charge is 0.214 e. The Kier molecular flexibility index (Phi) is 8.33. The largest absolute Gasteiger partial charge is 0.477 e. The lowest BCUT2D eigenvalue weighted by Gasteiger charge is -2.10. The van der Waals surface area contributed by atoms with Gasteiger partial charge >= 0.3 is 0 Å². The van der Waals surface area contributed by atoms with E-state index in [9.17, 15) is 0 Å². The first-order valence-electron chi connectivity index (χ1n) is 9.17. The van der Waals surface area contributed by atoms with Crippen LogP contribution in [0, 0.1) is 19.8 Å². The zero-order chi connectivity index (χ0) is 18.4. The zero-order valence-corrected chi connectivity index (χ0v) is 18.4. The first-order chi connectivity index (χ1) is 12.6. The Balaban J connectivity index is 0.00000261. The Morgan fingerprint density at radius 3 is 2.81 bits per heavy atom. The number of guanidine groups is 1. The second-order valence-electron chi connectivity index (χ2n) is 6.55. The number of ether oxygens (including phenoxy) is 1. The van der Waals surface area contributed by atoms with Gasteiger partial charge in [-0.05, 0) is 51.2 Å². The van der Waals surface area contributed by atoms with Crippen molar-refractivity contribution in [1.29, 1.82) is 0 Å². The number of aromatic nitrogens is 2. The molecule has 0 atom stereocenters. The van der Waals surface area contributed by atoms with Crippen molar-refractivity contribution in [1.82, 2.24) is 20.6 Å². The average molecular weight is 485 g/mol. The zero-order valence-electron chi connectivity index (χ0n) is 16.1. The van der Waals surface area contributed by atoms with Gasteiger partial charge in [0.05, 0.1) is 25.4 Å². The summed E-state index contributed by atoms with van der Waals surface area (Å²) in [6.07, 6.45) is 4.31. The van der Waals surface area contributed by atoms with Crippen molar-refractivity contribution in [2.24, 2.45) is 10.9 Å². The predicted octanol–water partition coefficient (Wildman–Crippen LogP) is 3.35. The summed E-state index contributed by atoms with van der Waals surface area (Å²) in [6.45, 7) is 8.46. The van der Waals surface area contributed by atoms with Crippen LogP contribution in [0.5, 0.6) is 5.88 Å². The van der Waals surface area contributed by atoms with Crippen LogP contribution in [0.3, 0.4) is 0 Å². The summed E-state index contributed by atoms with van der Waals surface area (Å²) in [5, 5.41) is 6.48. The lowest BCUT2D eigenvalue weighted by molar-refractivity contribution is 0.288. The number of aryl methyl sites for hydroxylation is 2. The molecule has 0 saturated heterocycles. The molecule has 1 aliphatic carbocycles. The van der Waals surface area contributed by atoms with E-state index in [0.29, 0.717) is 30.8 Å². The molecule has 2 heterocycles. The molecule has 148 valence electrons. The van der Waals surface area contributed by atoms with Crippen molar-refractivity contribution >= 4 is 29.9 Å². The van der Waals surface area contributed by atoms with E-state index < -0.39 is 0 Å². The minimum Gasteiger partial charge on any atom is -0.477 e. The topological polar surface area (TPSA) is 84.6 Å². The predicted molar refractivity (Wildman–Crippen MR) is 116 cm³/mol. The van der Waals surface area contributed by atoms with E-state index in [2.05, 4.69) is 25.6 Å². The first kappa shape index (κ1) is 21.5. The average Bonchev–Trinajstić information content (AvgIpc) is 3.41. The van der Waals surface area contributed by atoms with Crippen molar-refractivity contribution in [3.63, 3.8) is 0 Å². The van der Waals surface area contributed by atoms with E-state index in [1.165, 1.54) is 12.8 Å². The molecule has 1 fully saturated rings. The normalized spacial score (nSPS) is 13.8. The van der Waals surface area contributed by atoms with Gasteiger partial charge in [-0.15, -0.1) is 24.0 Å². The standard InChI is InChI=1S/C19H27N5O2.HI/c1-4-20-19(23-11-18-24-13(2)14(3)26-18)22-10-16-7-8-21-17(9-16)25-12-15-5-6-15;/h7-9,15H,4-6,10-12H2,1-3H3,(H2,20,22,23);1H. The lowest BCUT2D eigenvalue weighted by Crippen LogP contribution is -2.36. The van der Waals surface area contributed by atoms with Crippen molar-refractivity contribution < 1.29 is 9.15 Å². The number of pyridine rings is 1. The number of nitrogens with zero attached hydrogens (tertiary/aromatic N) is 3. The third kappa shape index (κ3) is 7.00. The second kappa shape index (κ2) is 10.5. The van der Waals surface area contributed by atoms with Gasteiger partial charge in [0.15, 0.2) is 5.96 Å². The van der Waals surface area contributed by atoms with E-state index in [1.807, 2.05) is 32.9 Å². The van der Waals surface area contributed by atoms with Gasteiger partial charge in [0, 0.05) is 18.8 Å². The first-order valence-corrected chi connectivity index (χ1v) is 9.17. The highest BCUT2D eigenvalue weighted by atomic mass is 127. The monoisotopic (exact) mass is 485 g/mol. The Hall–Kier alpha value is -1.84. The van der Waals surface area contributed by atoms with Crippen molar-refractivity contribution in [2.45, 2.75) is 46.7 Å². The molecule has 8 heteroatoms. The summed E-state index contributed by atoms with van der Waals surface area (Å²) in [4.78, 5) is 13.3. The quantitative estimate of drug-likeness (QED) is 0.339. The molecule has 0 aromatic carbocycles. The SMILES string of the molecule is CCNC(=NCc1ccnc(OCC2CC2)c1)NCc1nc(C)c(C)o1.I. The molecule has 0 aliphatic heterocycles. The highest BCUT2D eigenvalue weighted by Crippen LogP contribution is 2.29. The highest BCUT2D eigenvalue weighted by Gasteiger charge is 2.22. The van der Waals surface area contributed by atoms with E-state index >= 15 is 0 Å². The number of hydrogen-bond donors (Lipinski definition) is 2. The molecule has 0 spiro atoms. The number of aliphatic imine (C=N–C) groups is 1. The molecular formula is C19H28IN5O2. The van der Waals surface area contributed by atoms with Crippen LogP contribution in [0.4, 0.5) is 0 Å². The molecule has 1 aliphatic rings. The summed E-state index contributed by atoms with van der Waals surface area (Å²) in [6, 6.07) is 3.91. The van der Waals surface area contributed by atoms with Crippen molar-refractivity contribution in [2.75, 3.05) is 13.2 Å². The number of rotatable bonds is 8. The maximum atomic E-state index is 5.73. The third-order valence-corrected chi connectivity index (χ3v) is 4.21. The molecule has 1 saturated carbocycles. The van der Waals surface area contributed by atoms with E-state index in [-0.39, 0.29) is 24.0 Å². The van der Waals surface area contributed by atoms with Gasteiger partial charge in [-0.25, -0.2) is 15.0 Å². The van der Waals surface area contributed by atoms with Crippen LogP contribution >= 0.6 is 24.0 Å². The number of nitrogens with one attached hydrogen (secondary N) is 2. The molecule has 27 heavy (non-hydrogen) atoms. The van der Waals surface area contributed by atoms with E-state index in [1.54, 1.807) is 6.20 Å². The van der Waals surface area contributed by atoms with Gasteiger partial charge in [-0.2, -0.15) is 0 Å². The Morgan fingerprint density at radius 1 is 1.33 bits per heavy atom. The number of halogens is 1. The van der Waals surface area contributed by atoms with Crippen LogP contribution in [0.1, 0.15) is 42.7 Å². The molecular weight excluding hydrogens is 457 g/mol. The summed E-state index contributed by atoms with van der Waals surface area (Å²) >= 11 is 0. The van der Waals surface area contributed by atoms with Crippen molar-refractivity contribution in [3.05, 3.63) is 41.2 Å². The Labute approximate surface area is 177 Å². The fourth-order valence-corrected chi connectivity index (χ4v) is 2.40. The summed E-state index contributed by atoms with van der Waals surface area (Å²) in [5.41, 5.74) is 1.98. The molecule has 2 aromatic heterocycles. The molecule has 7 nitrogen and oxygen atoms in total. The molecule has 2 N–H and O–H groups in total. The maximum absolute atomic E-state index is 5.73. The summed E-state index contributed by atoms with van der Waals surface area (Å²) in [5.74, 6) is 3.61. The van der Waals surface area contributed by atoms with Gasteiger partial charge in [-0.1, -0.05) is 0 Å². The summed E-state index contributed by atoms with van der Waals surface area (Å²) in [7, 11) is 0. The number of hydrogen-bond acceptors (Lipinski definition) is 5. The second-order valence-corrected chi connectivity index (χ2v) is 6.55. The molecule has 0 radical (unpaired) electrons. The highest BCUT2D eigenvalue weighted by molar-refractivity contribution is 14.0. The molecule has 0 bridgehead atoms. The van der Waals surface area contributed by atoms with Crippen LogP contribution < -0.4 is 15.4 Å². The minimum atomic E-state index is 0. The Morgan fingerprint density at radius 2 is 2.15 bits per heavy atom. The van der Waals surface area contributed by atoms with Gasteiger partial charge in [-0.3, -0.25) is 0 Å². The minimum absolute atomic E-state index is 0. The molecule has 2 aromatic rings. The van der Waals surface area contributed by atoms with E-state index in [4.69, 9.17) is 9.15 Å². The van der Waals surface area contributed by atoms with Crippen LogP contribution in [-0.4, -0.2) is 29.1 Å².